The van der Waals surface area contributed by atoms with Crippen molar-refractivity contribution in [2.75, 3.05) is 0 Å². The highest BCUT2D eigenvalue weighted by atomic mass is 16.3. The Morgan fingerprint density at radius 2 is 1.45 bits per heavy atom. The Labute approximate surface area is 219 Å². The minimum Gasteiger partial charge on any atom is -0.456 e. The Bertz CT molecular complexity index is 2050. The van der Waals surface area contributed by atoms with Gasteiger partial charge in [0.15, 0.2) is 5.82 Å². The number of rotatable bonds is 2. The van der Waals surface area contributed by atoms with Gasteiger partial charge in [0, 0.05) is 33.3 Å². The zero-order valence-electron chi connectivity index (χ0n) is 21.1. The van der Waals surface area contributed by atoms with E-state index in [1.165, 1.54) is 22.3 Å². The molecule has 0 fully saturated rings. The average Bonchev–Trinajstić information content (AvgIpc) is 3.45. The summed E-state index contributed by atoms with van der Waals surface area (Å²) in [7, 11) is 0. The first-order chi connectivity index (χ1) is 18.6. The number of nitrogens with zero attached hydrogens (tertiary/aromatic N) is 3. The fourth-order valence-electron chi connectivity index (χ4n) is 6.26. The Morgan fingerprint density at radius 1 is 0.684 bits per heavy atom. The van der Waals surface area contributed by atoms with Gasteiger partial charge in [-0.05, 0) is 52.6 Å². The monoisotopic (exact) mass is 489 g/mol. The van der Waals surface area contributed by atoms with Crippen molar-refractivity contribution in [1.82, 2.24) is 15.0 Å². The van der Waals surface area contributed by atoms with Gasteiger partial charge in [-0.3, -0.25) is 4.98 Å². The fraction of sp³-hybridized carbons (Fsp3) is 0.0882. The summed E-state index contributed by atoms with van der Waals surface area (Å²) in [5.74, 6) is 0.684. The molecule has 0 aliphatic heterocycles. The number of hydrogen-bond acceptors (Lipinski definition) is 4. The van der Waals surface area contributed by atoms with Gasteiger partial charge in [0.05, 0.1) is 11.2 Å². The molecule has 4 aromatic carbocycles. The normalized spacial score (nSPS) is 13.7. The molecule has 4 heteroatoms. The zero-order valence-corrected chi connectivity index (χ0v) is 21.1. The van der Waals surface area contributed by atoms with Crippen LogP contribution in [-0.4, -0.2) is 15.0 Å². The summed E-state index contributed by atoms with van der Waals surface area (Å²) in [5, 5.41) is 3.27. The van der Waals surface area contributed by atoms with E-state index in [4.69, 9.17) is 14.4 Å². The van der Waals surface area contributed by atoms with E-state index in [0.717, 1.165) is 49.8 Å². The molecule has 4 nitrogen and oxygen atoms in total. The van der Waals surface area contributed by atoms with Crippen LogP contribution >= 0.6 is 0 Å². The molecular formula is C34H23N3O. The third-order valence-electron chi connectivity index (χ3n) is 7.91. The molecule has 0 unspecified atom stereocenters. The summed E-state index contributed by atoms with van der Waals surface area (Å²) in [6.07, 6.45) is 1.81. The van der Waals surface area contributed by atoms with E-state index in [1.807, 2.05) is 54.7 Å². The third-order valence-corrected chi connectivity index (χ3v) is 7.91. The molecule has 0 amide bonds. The van der Waals surface area contributed by atoms with E-state index in [1.54, 1.807) is 0 Å². The molecule has 8 rings (SSSR count). The molecule has 0 N–H and O–H groups in total. The number of fused-ring (bicyclic) bond motifs is 8. The van der Waals surface area contributed by atoms with Gasteiger partial charge >= 0.3 is 0 Å². The molecule has 0 atom stereocenters. The first kappa shape index (κ1) is 21.3. The molecule has 180 valence electrons. The Morgan fingerprint density at radius 3 is 2.32 bits per heavy atom. The molecule has 1 aliphatic rings. The topological polar surface area (TPSA) is 51.8 Å². The molecule has 7 aromatic rings. The maximum atomic E-state index is 6.46. The van der Waals surface area contributed by atoms with E-state index in [-0.39, 0.29) is 5.41 Å². The Kier molecular flexibility index (Phi) is 4.25. The lowest BCUT2D eigenvalue weighted by Gasteiger charge is -2.24. The largest absolute Gasteiger partial charge is 0.456 e. The standard InChI is InChI=1S/C34H23N3O/c1-34(2)24-14-6-3-11-20(24)30-29-22-13-5-8-17-27(22)38-28(29)19-23(31(30)34)33-36-25-15-7-4-12-21(25)32(37-33)26-16-9-10-18-35-26/h3-19H,1-2H3. The van der Waals surface area contributed by atoms with Gasteiger partial charge < -0.3 is 4.42 Å². The number of furan rings is 1. The first-order valence-corrected chi connectivity index (χ1v) is 12.9. The van der Waals surface area contributed by atoms with Gasteiger partial charge in [0.25, 0.3) is 0 Å². The van der Waals surface area contributed by atoms with Crippen LogP contribution in [0.1, 0.15) is 25.0 Å². The summed E-state index contributed by atoms with van der Waals surface area (Å²) in [6, 6.07) is 33.3. The maximum absolute atomic E-state index is 6.46. The predicted octanol–water partition coefficient (Wildman–Crippen LogP) is 8.56. The first-order valence-electron chi connectivity index (χ1n) is 12.9. The van der Waals surface area contributed by atoms with Crippen molar-refractivity contribution in [3.8, 4) is 33.9 Å². The SMILES string of the molecule is CC1(C)c2ccccc2-c2c1c(-c1nc(-c3ccccn3)c3ccccc3n1)cc1oc3ccccc3c21. The minimum atomic E-state index is -0.242. The average molecular weight is 490 g/mol. The van der Waals surface area contributed by atoms with Gasteiger partial charge in [-0.15, -0.1) is 0 Å². The molecular weight excluding hydrogens is 466 g/mol. The van der Waals surface area contributed by atoms with E-state index < -0.39 is 0 Å². The van der Waals surface area contributed by atoms with Crippen LogP contribution < -0.4 is 0 Å². The van der Waals surface area contributed by atoms with Crippen LogP contribution in [0.15, 0.2) is 108 Å². The van der Waals surface area contributed by atoms with Crippen molar-refractivity contribution in [1.29, 1.82) is 0 Å². The molecule has 0 saturated carbocycles. The second-order valence-corrected chi connectivity index (χ2v) is 10.4. The molecule has 38 heavy (non-hydrogen) atoms. The molecule has 0 saturated heterocycles. The second-order valence-electron chi connectivity index (χ2n) is 10.4. The molecule has 0 bridgehead atoms. The van der Waals surface area contributed by atoms with Crippen LogP contribution in [0.25, 0.3) is 66.7 Å². The van der Waals surface area contributed by atoms with E-state index in [2.05, 4.69) is 67.4 Å². The molecule has 0 radical (unpaired) electrons. The molecule has 1 aliphatic carbocycles. The van der Waals surface area contributed by atoms with Crippen LogP contribution in [0.4, 0.5) is 0 Å². The van der Waals surface area contributed by atoms with Crippen LogP contribution in [-0.2, 0) is 5.41 Å². The highest BCUT2D eigenvalue weighted by Crippen LogP contribution is 2.56. The van der Waals surface area contributed by atoms with Crippen molar-refractivity contribution in [3.63, 3.8) is 0 Å². The quantitative estimate of drug-likeness (QED) is 0.244. The number of hydrogen-bond donors (Lipinski definition) is 0. The lowest BCUT2D eigenvalue weighted by Crippen LogP contribution is -2.16. The van der Waals surface area contributed by atoms with Gasteiger partial charge in [-0.1, -0.05) is 80.6 Å². The maximum Gasteiger partial charge on any atom is 0.160 e. The lowest BCUT2D eigenvalue weighted by atomic mass is 9.79. The number of pyridine rings is 1. The number of aromatic nitrogens is 3. The summed E-state index contributed by atoms with van der Waals surface area (Å²) < 4.78 is 6.46. The predicted molar refractivity (Wildman–Crippen MR) is 153 cm³/mol. The number of para-hydroxylation sites is 2. The zero-order chi connectivity index (χ0) is 25.4. The molecule has 3 heterocycles. The number of benzene rings is 4. The minimum absolute atomic E-state index is 0.242. The van der Waals surface area contributed by atoms with Gasteiger partial charge in [0.2, 0.25) is 0 Å². The van der Waals surface area contributed by atoms with Crippen molar-refractivity contribution in [2.24, 2.45) is 0 Å². The molecule has 0 spiro atoms. The summed E-state index contributed by atoms with van der Waals surface area (Å²) >= 11 is 0. The van der Waals surface area contributed by atoms with Gasteiger partial charge in [0.1, 0.15) is 16.9 Å². The fourth-order valence-corrected chi connectivity index (χ4v) is 6.26. The van der Waals surface area contributed by atoms with Crippen molar-refractivity contribution in [3.05, 3.63) is 114 Å². The summed E-state index contributed by atoms with van der Waals surface area (Å²) in [4.78, 5) is 14.9. The smallest absolute Gasteiger partial charge is 0.160 e. The Balaban J connectivity index is 1.54. The highest BCUT2D eigenvalue weighted by Gasteiger charge is 2.40. The van der Waals surface area contributed by atoms with E-state index in [9.17, 15) is 0 Å². The second kappa shape index (κ2) is 7.59. The van der Waals surface area contributed by atoms with Crippen LogP contribution in [0, 0.1) is 0 Å². The lowest BCUT2D eigenvalue weighted by molar-refractivity contribution is 0.657. The van der Waals surface area contributed by atoms with Crippen LogP contribution in [0.5, 0.6) is 0 Å². The van der Waals surface area contributed by atoms with Crippen molar-refractivity contribution >= 4 is 32.8 Å². The van der Waals surface area contributed by atoms with Gasteiger partial charge in [-0.2, -0.15) is 0 Å². The molecule has 3 aromatic heterocycles. The third kappa shape index (κ3) is 2.83. The van der Waals surface area contributed by atoms with E-state index >= 15 is 0 Å². The van der Waals surface area contributed by atoms with E-state index in [0.29, 0.717) is 5.82 Å². The highest BCUT2D eigenvalue weighted by molar-refractivity contribution is 6.16. The summed E-state index contributed by atoms with van der Waals surface area (Å²) in [5.41, 5.74) is 10.1. The van der Waals surface area contributed by atoms with Crippen LogP contribution in [0.3, 0.4) is 0 Å². The van der Waals surface area contributed by atoms with Crippen molar-refractivity contribution < 1.29 is 4.42 Å². The van der Waals surface area contributed by atoms with Crippen molar-refractivity contribution in [2.45, 2.75) is 19.3 Å². The van der Waals surface area contributed by atoms with Crippen LogP contribution in [0.2, 0.25) is 0 Å². The Hall–Kier alpha value is -4.83. The summed E-state index contributed by atoms with van der Waals surface area (Å²) in [6.45, 7) is 4.60. The van der Waals surface area contributed by atoms with Gasteiger partial charge in [-0.25, -0.2) is 9.97 Å².